The van der Waals surface area contributed by atoms with Gasteiger partial charge in [-0.1, -0.05) is 18.2 Å². The summed E-state index contributed by atoms with van der Waals surface area (Å²) in [5, 5.41) is 14.3. The number of fused-ring (bicyclic) bond motifs is 1. The first-order chi connectivity index (χ1) is 12.7. The fourth-order valence-corrected chi connectivity index (χ4v) is 4.15. The Bertz CT molecular complexity index is 1140. The molecule has 3 rings (SSSR count). The molecule has 2 aromatic carbocycles. The van der Waals surface area contributed by atoms with Crippen LogP contribution in [0.25, 0.3) is 10.9 Å². The van der Waals surface area contributed by atoms with Crippen molar-refractivity contribution < 1.29 is 22.7 Å². The molecule has 1 aromatic heterocycles. The molecule has 0 radical (unpaired) electrons. The maximum atomic E-state index is 14.3. The minimum atomic E-state index is -4.21. The predicted octanol–water partition coefficient (Wildman–Crippen LogP) is 2.24. The van der Waals surface area contributed by atoms with Gasteiger partial charge in [0.25, 0.3) is 0 Å². The number of aryl methyl sites for hydroxylation is 2. The number of aromatic carboxylic acids is 1. The Morgan fingerprint density at radius 2 is 2.00 bits per heavy atom. The highest BCUT2D eigenvalue weighted by molar-refractivity contribution is 7.89. The minimum Gasteiger partial charge on any atom is -0.478 e. The van der Waals surface area contributed by atoms with Crippen LogP contribution in [0.5, 0.6) is 0 Å². The number of para-hydroxylation sites is 1. The van der Waals surface area contributed by atoms with Crippen LogP contribution in [0.15, 0.2) is 41.3 Å². The number of carbonyl (C=O) groups is 1. The summed E-state index contributed by atoms with van der Waals surface area (Å²) in [5.41, 5.74) is 1.30. The van der Waals surface area contributed by atoms with Gasteiger partial charge in [0.2, 0.25) is 10.0 Å². The van der Waals surface area contributed by atoms with Gasteiger partial charge in [-0.25, -0.2) is 22.3 Å². The molecule has 0 spiro atoms. The van der Waals surface area contributed by atoms with Crippen molar-refractivity contribution in [1.29, 1.82) is 0 Å². The Balaban J connectivity index is 1.82. The zero-order chi connectivity index (χ0) is 19.8. The van der Waals surface area contributed by atoms with Crippen LogP contribution < -0.4 is 4.72 Å². The summed E-state index contributed by atoms with van der Waals surface area (Å²) in [7, 11) is -2.41. The zero-order valence-electron chi connectivity index (χ0n) is 14.7. The fourth-order valence-electron chi connectivity index (χ4n) is 2.94. The maximum absolute atomic E-state index is 14.3. The van der Waals surface area contributed by atoms with E-state index in [0.717, 1.165) is 23.0 Å². The van der Waals surface area contributed by atoms with E-state index in [1.165, 1.54) is 6.92 Å². The third-order valence-electron chi connectivity index (χ3n) is 4.19. The van der Waals surface area contributed by atoms with Crippen LogP contribution in [0, 0.1) is 12.7 Å². The summed E-state index contributed by atoms with van der Waals surface area (Å²) in [6.45, 7) is 1.50. The van der Waals surface area contributed by atoms with Crippen molar-refractivity contribution in [1.82, 2.24) is 14.5 Å². The molecule has 2 N–H and O–H groups in total. The van der Waals surface area contributed by atoms with Crippen LogP contribution >= 0.6 is 0 Å². The highest BCUT2D eigenvalue weighted by Crippen LogP contribution is 2.21. The van der Waals surface area contributed by atoms with Gasteiger partial charge in [-0.3, -0.25) is 4.68 Å². The summed E-state index contributed by atoms with van der Waals surface area (Å²) in [6, 6.07) is 9.76. The van der Waals surface area contributed by atoms with Crippen LogP contribution in [-0.4, -0.2) is 35.8 Å². The number of nitrogens with zero attached hydrogens (tertiary/aromatic N) is 2. The van der Waals surface area contributed by atoms with Gasteiger partial charge in [0.05, 0.1) is 16.8 Å². The number of sulfonamides is 1. The molecule has 0 saturated carbocycles. The quantitative estimate of drug-likeness (QED) is 0.671. The standard InChI is InChI=1S/C18H18FN3O4S/c1-11-9-13(18(23)24)17(19)16(10-11)27(25,26)20-8-7-14-12-5-3-4-6-15(12)22(2)21-14/h3-6,9-10,20H,7-8H2,1-2H3,(H,23,24). The fraction of sp³-hybridized carbons (Fsp3) is 0.222. The number of nitrogens with one attached hydrogen (secondary N) is 1. The number of halogens is 1. The van der Waals surface area contributed by atoms with E-state index in [4.69, 9.17) is 5.11 Å². The van der Waals surface area contributed by atoms with Gasteiger partial charge in [0, 0.05) is 25.4 Å². The van der Waals surface area contributed by atoms with Gasteiger partial charge in [0.15, 0.2) is 5.82 Å². The molecule has 9 heteroatoms. The van der Waals surface area contributed by atoms with E-state index in [-0.39, 0.29) is 6.54 Å². The smallest absolute Gasteiger partial charge is 0.338 e. The highest BCUT2D eigenvalue weighted by Gasteiger charge is 2.24. The summed E-state index contributed by atoms with van der Waals surface area (Å²) >= 11 is 0. The van der Waals surface area contributed by atoms with E-state index in [2.05, 4.69) is 9.82 Å². The first-order valence-electron chi connectivity index (χ1n) is 8.14. The molecule has 0 atom stereocenters. The Morgan fingerprint density at radius 1 is 1.30 bits per heavy atom. The molecule has 0 aliphatic heterocycles. The largest absolute Gasteiger partial charge is 0.478 e. The summed E-state index contributed by atoms with van der Waals surface area (Å²) in [4.78, 5) is 10.4. The number of benzene rings is 2. The van der Waals surface area contributed by atoms with Crippen LogP contribution in [0.2, 0.25) is 0 Å². The Hall–Kier alpha value is -2.78. The highest BCUT2D eigenvalue weighted by atomic mass is 32.2. The molecule has 0 saturated heterocycles. The molecule has 0 aliphatic carbocycles. The minimum absolute atomic E-state index is 0.000865. The third kappa shape index (κ3) is 3.69. The first kappa shape index (κ1) is 19.0. The van der Waals surface area contributed by atoms with Crippen molar-refractivity contribution >= 4 is 26.9 Å². The lowest BCUT2D eigenvalue weighted by atomic mass is 10.1. The normalized spacial score (nSPS) is 11.8. The summed E-state index contributed by atoms with van der Waals surface area (Å²) in [6.07, 6.45) is 0.305. The van der Waals surface area contributed by atoms with E-state index in [1.807, 2.05) is 24.3 Å². The molecule has 142 valence electrons. The average molecular weight is 391 g/mol. The van der Waals surface area contributed by atoms with Gasteiger partial charge in [0.1, 0.15) is 4.90 Å². The second-order valence-corrected chi connectivity index (χ2v) is 7.90. The molecular formula is C18H18FN3O4S. The predicted molar refractivity (Wildman–Crippen MR) is 97.7 cm³/mol. The van der Waals surface area contributed by atoms with Gasteiger partial charge in [-0.05, 0) is 30.7 Å². The van der Waals surface area contributed by atoms with E-state index in [1.54, 1.807) is 11.7 Å². The number of aromatic nitrogens is 2. The molecule has 1 heterocycles. The number of carboxylic acid groups (broad SMARTS) is 1. The monoisotopic (exact) mass is 391 g/mol. The molecule has 0 amide bonds. The lowest BCUT2D eigenvalue weighted by Gasteiger charge is -2.10. The Kier molecular flexibility index (Phi) is 4.99. The van der Waals surface area contributed by atoms with Gasteiger partial charge < -0.3 is 5.11 Å². The van der Waals surface area contributed by atoms with E-state index in [0.29, 0.717) is 17.7 Å². The second-order valence-electron chi connectivity index (χ2n) is 6.16. The van der Waals surface area contributed by atoms with Crippen LogP contribution in [0.1, 0.15) is 21.6 Å². The van der Waals surface area contributed by atoms with Crippen molar-refractivity contribution in [2.75, 3.05) is 6.54 Å². The molecule has 0 fully saturated rings. The molecule has 0 bridgehead atoms. The lowest BCUT2D eigenvalue weighted by Crippen LogP contribution is -2.27. The first-order valence-corrected chi connectivity index (χ1v) is 9.63. The average Bonchev–Trinajstić information content (AvgIpc) is 2.93. The Labute approximate surface area is 155 Å². The number of carboxylic acids is 1. The van der Waals surface area contributed by atoms with Crippen LogP contribution in [0.3, 0.4) is 0 Å². The van der Waals surface area contributed by atoms with Gasteiger partial charge >= 0.3 is 5.97 Å². The van der Waals surface area contributed by atoms with E-state index in [9.17, 15) is 17.6 Å². The molecule has 3 aromatic rings. The van der Waals surface area contributed by atoms with E-state index < -0.39 is 32.3 Å². The van der Waals surface area contributed by atoms with Crippen molar-refractivity contribution in [2.45, 2.75) is 18.2 Å². The van der Waals surface area contributed by atoms with Crippen molar-refractivity contribution in [2.24, 2.45) is 7.05 Å². The van der Waals surface area contributed by atoms with Crippen molar-refractivity contribution in [3.8, 4) is 0 Å². The number of rotatable bonds is 6. The molecule has 27 heavy (non-hydrogen) atoms. The Morgan fingerprint density at radius 3 is 2.70 bits per heavy atom. The van der Waals surface area contributed by atoms with Crippen LogP contribution in [-0.2, 0) is 23.5 Å². The summed E-state index contributed by atoms with van der Waals surface area (Å²) < 4.78 is 43.3. The van der Waals surface area contributed by atoms with Gasteiger partial charge in [-0.2, -0.15) is 5.10 Å². The maximum Gasteiger partial charge on any atom is 0.338 e. The van der Waals surface area contributed by atoms with Crippen LogP contribution in [0.4, 0.5) is 4.39 Å². The molecule has 7 nitrogen and oxygen atoms in total. The molecular weight excluding hydrogens is 373 g/mol. The number of hydrogen-bond donors (Lipinski definition) is 2. The zero-order valence-corrected chi connectivity index (χ0v) is 15.5. The van der Waals surface area contributed by atoms with Crippen molar-refractivity contribution in [3.63, 3.8) is 0 Å². The molecule has 0 aliphatic rings. The van der Waals surface area contributed by atoms with Crippen molar-refractivity contribution in [3.05, 3.63) is 59.0 Å². The number of hydrogen-bond acceptors (Lipinski definition) is 4. The molecule has 0 unspecified atom stereocenters. The summed E-state index contributed by atoms with van der Waals surface area (Å²) in [5.74, 6) is -2.79. The lowest BCUT2D eigenvalue weighted by molar-refractivity contribution is 0.0691. The van der Waals surface area contributed by atoms with E-state index >= 15 is 0 Å². The second kappa shape index (κ2) is 7.09. The topological polar surface area (TPSA) is 101 Å². The third-order valence-corrected chi connectivity index (χ3v) is 5.65. The SMILES string of the molecule is Cc1cc(C(=O)O)c(F)c(S(=O)(=O)NCCc2nn(C)c3ccccc23)c1. The van der Waals surface area contributed by atoms with Gasteiger partial charge in [-0.15, -0.1) is 0 Å².